The summed E-state index contributed by atoms with van der Waals surface area (Å²) in [5.74, 6) is 1.01. The second-order valence-corrected chi connectivity index (χ2v) is 16.0. The van der Waals surface area contributed by atoms with E-state index in [0.29, 0.717) is 66.9 Å². The molecule has 264 valence electrons. The number of piperazine rings is 1. The van der Waals surface area contributed by atoms with Gasteiger partial charge in [0.05, 0.1) is 23.6 Å². The second-order valence-electron chi connectivity index (χ2n) is 12.9. The molecule has 5 heterocycles. The van der Waals surface area contributed by atoms with E-state index in [2.05, 4.69) is 43.4 Å². The molecular weight excluding hydrogens is 680 g/mol. The fourth-order valence-corrected chi connectivity index (χ4v) is 8.65. The molecule has 2 aliphatic heterocycles. The van der Waals surface area contributed by atoms with E-state index < -0.39 is 22.6 Å². The summed E-state index contributed by atoms with van der Waals surface area (Å²) in [6.45, 7) is 6.65. The molecule has 0 unspecified atom stereocenters. The number of nitrogens with one attached hydrogen (secondary N) is 2. The van der Waals surface area contributed by atoms with Crippen molar-refractivity contribution in [2.24, 2.45) is 0 Å². The van der Waals surface area contributed by atoms with Crippen LogP contribution in [0.15, 0.2) is 24.3 Å². The zero-order valence-electron chi connectivity index (χ0n) is 27.6. The fraction of sp³-hybridized carbons (Fsp3) is 0.531. The number of phenolic OH excluding ortho intramolecular Hbond substituents is 1. The largest absolute Gasteiger partial charge is 0.508 e. The normalized spacial score (nSPS) is 18.2. The first-order chi connectivity index (χ1) is 23.2. The Morgan fingerprint density at radius 1 is 1.10 bits per heavy atom. The van der Waals surface area contributed by atoms with Crippen LogP contribution in [0.1, 0.15) is 35.9 Å². The van der Waals surface area contributed by atoms with Crippen molar-refractivity contribution in [3.8, 4) is 11.8 Å². The van der Waals surface area contributed by atoms with E-state index in [0.717, 1.165) is 53.7 Å². The molecule has 12 nitrogen and oxygen atoms in total. The highest BCUT2D eigenvalue weighted by Crippen LogP contribution is 2.35. The average Bonchev–Trinajstić information content (AvgIpc) is 3.60. The number of hydrogen-bond acceptors (Lipinski definition) is 11. The van der Waals surface area contributed by atoms with Crippen molar-refractivity contribution in [1.82, 2.24) is 28.6 Å². The molecule has 1 aromatic carbocycles. The van der Waals surface area contributed by atoms with Gasteiger partial charge in [-0.15, -0.1) is 11.3 Å². The Morgan fingerprint density at radius 3 is 2.45 bits per heavy atom. The second kappa shape index (κ2) is 13.9. The molecule has 17 heteroatoms. The number of halogens is 3. The topological polar surface area (TPSA) is 143 Å². The molecule has 2 fully saturated rings. The summed E-state index contributed by atoms with van der Waals surface area (Å²) in [7, 11) is -1.55. The van der Waals surface area contributed by atoms with Crippen molar-refractivity contribution in [2.45, 2.75) is 57.5 Å². The Labute approximate surface area is 287 Å². The first-order valence-electron chi connectivity index (χ1n) is 16.2. The summed E-state index contributed by atoms with van der Waals surface area (Å²) in [5.41, 5.74) is 2.03. The highest BCUT2D eigenvalue weighted by molar-refractivity contribution is 7.88. The highest BCUT2D eigenvalue weighted by atomic mass is 32.2. The van der Waals surface area contributed by atoms with Gasteiger partial charge in [0, 0.05) is 93.4 Å². The van der Waals surface area contributed by atoms with Gasteiger partial charge in [0.1, 0.15) is 28.2 Å². The number of nitriles is 1. The van der Waals surface area contributed by atoms with Crippen LogP contribution in [-0.4, -0.2) is 113 Å². The van der Waals surface area contributed by atoms with Crippen molar-refractivity contribution in [3.05, 3.63) is 40.4 Å². The van der Waals surface area contributed by atoms with Gasteiger partial charge in [-0.05, 0) is 38.0 Å². The molecule has 0 spiro atoms. The van der Waals surface area contributed by atoms with Gasteiger partial charge in [-0.3, -0.25) is 9.80 Å². The van der Waals surface area contributed by atoms with Crippen LogP contribution in [0.2, 0.25) is 0 Å². The molecule has 49 heavy (non-hydrogen) atoms. The number of aromatic nitrogens is 3. The van der Waals surface area contributed by atoms with Crippen LogP contribution in [0.3, 0.4) is 0 Å². The van der Waals surface area contributed by atoms with Crippen LogP contribution in [-0.2, 0) is 29.5 Å². The van der Waals surface area contributed by atoms with E-state index >= 15 is 0 Å². The average molecular weight is 720 g/mol. The maximum absolute atomic E-state index is 13.1. The minimum absolute atomic E-state index is 0.0473. The quantitative estimate of drug-likeness (QED) is 0.216. The Kier molecular flexibility index (Phi) is 9.97. The standard InChI is InChI=1S/C32H40F3N9O3S2/c1-20(42-8-10-43(11-9-42)49(3,46)47)18-44-24(17-36)13-21-12-22(28(45)15-27(21)44)19-41-6-4-23(5-7-41)38-29-26-14-25(16-32(33,34)35)48-30(26)40-31(37-2)39-29/h12-15,20,23,45H,4-11,16,18-19H2,1-3H3,(H2,37,38,39,40)/t20-/m0/s1. The van der Waals surface area contributed by atoms with Crippen LogP contribution in [0.25, 0.3) is 21.1 Å². The first-order valence-corrected chi connectivity index (χ1v) is 18.9. The molecular formula is C32H40F3N9O3S2. The number of aromatic hydroxyl groups is 1. The Balaban J connectivity index is 1.10. The molecule has 0 saturated carbocycles. The number of thiophene rings is 1. The SMILES string of the molecule is CNc1nc(NC2CCN(Cc3cc4cc(C#N)n(C[C@H](C)N5CCN(S(C)(=O)=O)CC5)c4cc3O)CC2)c2cc(CC(F)(F)F)sc2n1. The number of alkyl halides is 3. The summed E-state index contributed by atoms with van der Waals surface area (Å²) in [4.78, 5) is 14.0. The molecule has 4 aromatic rings. The third-order valence-electron chi connectivity index (χ3n) is 9.39. The number of nitrogens with zero attached hydrogens (tertiary/aromatic N) is 7. The van der Waals surface area contributed by atoms with E-state index in [1.165, 1.54) is 16.6 Å². The van der Waals surface area contributed by atoms with Gasteiger partial charge >= 0.3 is 6.18 Å². The summed E-state index contributed by atoms with van der Waals surface area (Å²) < 4.78 is 66.4. The van der Waals surface area contributed by atoms with Gasteiger partial charge in [-0.25, -0.2) is 13.4 Å². The van der Waals surface area contributed by atoms with Gasteiger partial charge in [0.25, 0.3) is 0 Å². The monoisotopic (exact) mass is 719 g/mol. The number of benzene rings is 1. The third-order valence-corrected chi connectivity index (χ3v) is 11.7. The number of likely N-dealkylation sites (tertiary alicyclic amines) is 1. The van der Waals surface area contributed by atoms with Gasteiger partial charge < -0.3 is 20.3 Å². The number of piperidine rings is 1. The predicted molar refractivity (Wildman–Crippen MR) is 184 cm³/mol. The number of sulfonamides is 1. The van der Waals surface area contributed by atoms with Crippen molar-refractivity contribution in [1.29, 1.82) is 5.26 Å². The lowest BCUT2D eigenvalue weighted by Gasteiger charge is -2.37. The number of fused-ring (bicyclic) bond motifs is 2. The molecule has 2 saturated heterocycles. The van der Waals surface area contributed by atoms with E-state index in [9.17, 15) is 32.0 Å². The minimum Gasteiger partial charge on any atom is -0.508 e. The van der Waals surface area contributed by atoms with Gasteiger partial charge in [-0.2, -0.15) is 27.7 Å². The minimum atomic E-state index is -4.30. The molecule has 0 aliphatic carbocycles. The van der Waals surface area contributed by atoms with Crippen molar-refractivity contribution in [2.75, 3.05) is 63.2 Å². The van der Waals surface area contributed by atoms with E-state index in [1.54, 1.807) is 13.1 Å². The van der Waals surface area contributed by atoms with E-state index in [-0.39, 0.29) is 22.7 Å². The predicted octanol–water partition coefficient (Wildman–Crippen LogP) is 4.41. The Morgan fingerprint density at radius 2 is 1.82 bits per heavy atom. The molecule has 0 bridgehead atoms. The van der Waals surface area contributed by atoms with Gasteiger partial charge in [-0.1, -0.05) is 0 Å². The lowest BCUT2D eigenvalue weighted by Crippen LogP contribution is -2.51. The third kappa shape index (κ3) is 8.04. The highest BCUT2D eigenvalue weighted by Gasteiger charge is 2.30. The molecule has 0 amide bonds. The maximum atomic E-state index is 13.1. The molecule has 3 aromatic heterocycles. The van der Waals surface area contributed by atoms with Gasteiger partial charge in [0.15, 0.2) is 0 Å². The smallest absolute Gasteiger partial charge is 0.393 e. The summed E-state index contributed by atoms with van der Waals surface area (Å²) >= 11 is 1.02. The van der Waals surface area contributed by atoms with Crippen LogP contribution >= 0.6 is 11.3 Å². The van der Waals surface area contributed by atoms with Crippen LogP contribution in [0.5, 0.6) is 5.75 Å². The number of phenols is 1. The van der Waals surface area contributed by atoms with Crippen LogP contribution in [0.4, 0.5) is 24.9 Å². The zero-order valence-corrected chi connectivity index (χ0v) is 29.2. The molecule has 2 aliphatic rings. The summed E-state index contributed by atoms with van der Waals surface area (Å²) in [6, 6.07) is 9.43. The maximum Gasteiger partial charge on any atom is 0.393 e. The lowest BCUT2D eigenvalue weighted by molar-refractivity contribution is -0.126. The fourth-order valence-electron chi connectivity index (χ4n) is 6.76. The summed E-state index contributed by atoms with van der Waals surface area (Å²) in [5, 5.41) is 28.8. The van der Waals surface area contributed by atoms with E-state index in [4.69, 9.17) is 0 Å². The van der Waals surface area contributed by atoms with Crippen molar-refractivity contribution in [3.63, 3.8) is 0 Å². The zero-order chi connectivity index (χ0) is 35.1. The summed E-state index contributed by atoms with van der Waals surface area (Å²) in [6.07, 6.45) is -2.54. The number of rotatable bonds is 10. The van der Waals surface area contributed by atoms with Gasteiger partial charge in [0.2, 0.25) is 16.0 Å². The van der Waals surface area contributed by atoms with Crippen molar-refractivity contribution >= 4 is 54.2 Å². The number of anilines is 2. The van der Waals surface area contributed by atoms with E-state index in [1.807, 2.05) is 16.7 Å². The molecule has 0 radical (unpaired) electrons. The number of hydrogen-bond donors (Lipinski definition) is 3. The Hall–Kier alpha value is -3.69. The molecule has 3 N–H and O–H groups in total. The molecule has 6 rings (SSSR count). The first kappa shape index (κ1) is 35.1. The van der Waals surface area contributed by atoms with Crippen molar-refractivity contribution < 1.29 is 26.7 Å². The molecule has 1 atom stereocenters. The van der Waals surface area contributed by atoms with Crippen LogP contribution < -0.4 is 10.6 Å². The Bertz CT molecular complexity index is 1970. The lowest BCUT2D eigenvalue weighted by atomic mass is 10.0. The van der Waals surface area contributed by atoms with Crippen LogP contribution in [0, 0.1) is 11.3 Å².